The molecule has 0 fully saturated rings. The largest absolute Gasteiger partial charge is 0.490 e. The van der Waals surface area contributed by atoms with Gasteiger partial charge in [-0.3, -0.25) is 0 Å². The Bertz CT molecular complexity index is 2270. The second kappa shape index (κ2) is 12.8. The van der Waals surface area contributed by atoms with Crippen LogP contribution in [0.5, 0.6) is 11.5 Å². The van der Waals surface area contributed by atoms with Crippen molar-refractivity contribution in [1.82, 2.24) is 0 Å². The van der Waals surface area contributed by atoms with Gasteiger partial charge in [0.15, 0.2) is 0 Å². The van der Waals surface area contributed by atoms with E-state index in [-0.39, 0.29) is 26.4 Å². The van der Waals surface area contributed by atoms with Crippen molar-refractivity contribution >= 4 is 43.1 Å². The van der Waals surface area contributed by atoms with Gasteiger partial charge in [0.1, 0.15) is 24.7 Å². The Balaban J connectivity index is 1.51. The van der Waals surface area contributed by atoms with Gasteiger partial charge in [-0.05, 0) is 78.5 Å². The highest BCUT2D eigenvalue weighted by Gasteiger charge is 2.26. The maximum atomic E-state index is 10.0. The number of aliphatic hydroxyl groups is 2. The molecule has 0 unspecified atom stereocenters. The lowest BCUT2D eigenvalue weighted by Crippen LogP contribution is -2.07. The van der Waals surface area contributed by atoms with Crippen LogP contribution in [0.15, 0.2) is 146 Å². The van der Waals surface area contributed by atoms with E-state index >= 15 is 0 Å². The van der Waals surface area contributed by atoms with Crippen LogP contribution in [0.4, 0.5) is 0 Å². The zero-order valence-corrected chi connectivity index (χ0v) is 26.4. The van der Waals surface area contributed by atoms with Crippen molar-refractivity contribution in [1.29, 1.82) is 0 Å². The predicted octanol–water partition coefficient (Wildman–Crippen LogP) is 10.0. The molecule has 2 N–H and O–H groups in total. The number of aliphatic hydroxyl groups excluding tert-OH is 2. The van der Waals surface area contributed by atoms with Gasteiger partial charge in [-0.15, -0.1) is 0 Å². The molecule has 0 amide bonds. The summed E-state index contributed by atoms with van der Waals surface area (Å²) in [6, 6.07) is 50.7. The maximum Gasteiger partial charge on any atom is 0.135 e. The second-order valence-corrected chi connectivity index (χ2v) is 12.0. The lowest BCUT2D eigenvalue weighted by molar-refractivity contribution is 0.201. The van der Waals surface area contributed by atoms with E-state index in [1.54, 1.807) is 0 Å². The van der Waals surface area contributed by atoms with Gasteiger partial charge in [-0.2, -0.15) is 0 Å². The topological polar surface area (TPSA) is 58.9 Å². The van der Waals surface area contributed by atoms with E-state index in [0.29, 0.717) is 11.5 Å². The van der Waals surface area contributed by atoms with Crippen molar-refractivity contribution < 1.29 is 19.7 Å². The van der Waals surface area contributed by atoms with E-state index in [2.05, 4.69) is 121 Å². The van der Waals surface area contributed by atoms with Crippen LogP contribution in [0, 0.1) is 0 Å². The first-order valence-electron chi connectivity index (χ1n) is 16.3. The third kappa shape index (κ3) is 5.31. The van der Waals surface area contributed by atoms with Gasteiger partial charge in [0.05, 0.1) is 13.2 Å². The fourth-order valence-electron chi connectivity index (χ4n) is 6.89. The number of benzene rings is 8. The maximum absolute atomic E-state index is 10.0. The molecule has 234 valence electrons. The van der Waals surface area contributed by atoms with Gasteiger partial charge in [0.25, 0.3) is 0 Å². The van der Waals surface area contributed by atoms with E-state index in [1.165, 1.54) is 0 Å². The van der Waals surface area contributed by atoms with E-state index < -0.39 is 0 Å². The van der Waals surface area contributed by atoms with E-state index in [4.69, 9.17) is 9.47 Å². The fraction of sp³-hybridized carbons (Fsp3) is 0.0909. The molecular weight excluding hydrogens is 592 g/mol. The number of fused-ring (bicyclic) bond motifs is 4. The minimum absolute atomic E-state index is 0.126. The molecule has 8 aromatic rings. The molecule has 0 aliphatic heterocycles. The van der Waals surface area contributed by atoms with Crippen molar-refractivity contribution in [2.24, 2.45) is 0 Å². The monoisotopic (exact) mass is 626 g/mol. The summed E-state index contributed by atoms with van der Waals surface area (Å²) in [5, 5.41) is 28.8. The van der Waals surface area contributed by atoms with Gasteiger partial charge in [0.2, 0.25) is 0 Å². The minimum atomic E-state index is -0.130. The third-order valence-electron chi connectivity index (χ3n) is 9.05. The molecule has 8 aromatic carbocycles. The Morgan fingerprint density at radius 2 is 0.750 bits per heavy atom. The number of ether oxygens (including phenoxy) is 2. The molecule has 48 heavy (non-hydrogen) atoms. The summed E-state index contributed by atoms with van der Waals surface area (Å²) in [7, 11) is 0. The van der Waals surface area contributed by atoms with Crippen molar-refractivity contribution in [2.75, 3.05) is 26.4 Å². The zero-order valence-electron chi connectivity index (χ0n) is 26.4. The highest BCUT2D eigenvalue weighted by Crippen LogP contribution is 2.52. The van der Waals surface area contributed by atoms with Crippen LogP contribution >= 0.6 is 0 Å². The van der Waals surface area contributed by atoms with Gasteiger partial charge >= 0.3 is 0 Å². The lowest BCUT2D eigenvalue weighted by Gasteiger charge is -2.24. The summed E-state index contributed by atoms with van der Waals surface area (Å²) in [5.74, 6) is 1.35. The quantitative estimate of drug-likeness (QED) is 0.167. The Labute approximate surface area is 279 Å². The van der Waals surface area contributed by atoms with Crippen molar-refractivity contribution in [2.45, 2.75) is 0 Å². The number of hydrogen-bond acceptors (Lipinski definition) is 4. The van der Waals surface area contributed by atoms with Crippen LogP contribution in [-0.4, -0.2) is 36.6 Å². The second-order valence-electron chi connectivity index (χ2n) is 12.0. The van der Waals surface area contributed by atoms with Gasteiger partial charge < -0.3 is 19.7 Å². The SMILES string of the molecule is OCCOc1c(-c2ccc3ccccc3c2)cc2ccccc2c1-c1c(OCCO)c(-c2ccc3ccccc3c2)cc2ccccc12. The van der Waals surface area contributed by atoms with Gasteiger partial charge in [-0.1, -0.05) is 121 Å². The summed E-state index contributed by atoms with van der Waals surface area (Å²) < 4.78 is 13.2. The summed E-state index contributed by atoms with van der Waals surface area (Å²) in [5.41, 5.74) is 5.66. The van der Waals surface area contributed by atoms with Crippen LogP contribution in [-0.2, 0) is 0 Å². The lowest BCUT2D eigenvalue weighted by atomic mass is 9.86. The van der Waals surface area contributed by atoms with E-state index in [9.17, 15) is 10.2 Å². The van der Waals surface area contributed by atoms with E-state index in [0.717, 1.165) is 76.5 Å². The molecule has 0 atom stereocenters. The summed E-state index contributed by atoms with van der Waals surface area (Å²) in [6.07, 6.45) is 0. The Morgan fingerprint density at radius 1 is 0.375 bits per heavy atom. The first-order chi connectivity index (χ1) is 23.7. The normalized spacial score (nSPS) is 11.5. The van der Waals surface area contributed by atoms with Crippen molar-refractivity contribution in [3.63, 3.8) is 0 Å². The summed E-state index contributed by atoms with van der Waals surface area (Å²) in [6.45, 7) is -0.00749. The smallest absolute Gasteiger partial charge is 0.135 e. The minimum Gasteiger partial charge on any atom is -0.490 e. The molecule has 4 heteroatoms. The molecule has 0 spiro atoms. The Hall–Kier alpha value is -5.68. The molecule has 0 bridgehead atoms. The number of rotatable bonds is 9. The Kier molecular flexibility index (Phi) is 7.95. The standard InChI is InChI=1S/C44H34O4/c45-21-23-47-43-39(35-19-17-29-9-1-3-11-31(29)25-35)27-33-13-5-7-15-37(33)41(43)42-38-16-8-6-14-34(38)28-40(44(42)48-24-22-46)36-20-18-30-10-2-4-12-32(30)26-36/h1-20,25-28,45-46H,21-24H2. The van der Waals surface area contributed by atoms with Gasteiger partial charge in [0, 0.05) is 22.3 Å². The van der Waals surface area contributed by atoms with Crippen LogP contribution in [0.2, 0.25) is 0 Å². The molecule has 0 heterocycles. The van der Waals surface area contributed by atoms with Crippen LogP contribution in [0.25, 0.3) is 76.5 Å². The molecule has 4 nitrogen and oxygen atoms in total. The van der Waals surface area contributed by atoms with Gasteiger partial charge in [-0.25, -0.2) is 0 Å². The molecule has 0 saturated heterocycles. The molecule has 0 aliphatic rings. The van der Waals surface area contributed by atoms with Crippen LogP contribution in [0.1, 0.15) is 0 Å². The highest BCUT2D eigenvalue weighted by molar-refractivity contribution is 6.14. The molecular formula is C44H34O4. The summed E-state index contributed by atoms with van der Waals surface area (Å²) >= 11 is 0. The van der Waals surface area contributed by atoms with Crippen molar-refractivity contribution in [3.05, 3.63) is 146 Å². The average molecular weight is 627 g/mol. The zero-order chi connectivity index (χ0) is 32.5. The van der Waals surface area contributed by atoms with Crippen molar-refractivity contribution in [3.8, 4) is 44.9 Å². The van der Waals surface area contributed by atoms with Crippen LogP contribution < -0.4 is 9.47 Å². The molecule has 0 radical (unpaired) electrons. The third-order valence-corrected chi connectivity index (χ3v) is 9.05. The first-order valence-corrected chi connectivity index (χ1v) is 16.3. The average Bonchev–Trinajstić information content (AvgIpc) is 3.15. The predicted molar refractivity (Wildman–Crippen MR) is 198 cm³/mol. The molecule has 0 aromatic heterocycles. The first kappa shape index (κ1) is 29.7. The van der Waals surface area contributed by atoms with Crippen LogP contribution in [0.3, 0.4) is 0 Å². The Morgan fingerprint density at radius 3 is 1.17 bits per heavy atom. The van der Waals surface area contributed by atoms with E-state index in [1.807, 2.05) is 24.3 Å². The summed E-state index contributed by atoms with van der Waals surface area (Å²) in [4.78, 5) is 0. The fourth-order valence-corrected chi connectivity index (χ4v) is 6.89. The molecule has 0 aliphatic carbocycles. The highest BCUT2D eigenvalue weighted by atomic mass is 16.5. The molecule has 8 rings (SSSR count). The number of hydrogen-bond donors (Lipinski definition) is 2. The molecule has 0 saturated carbocycles.